The van der Waals surface area contributed by atoms with Crippen LogP contribution in [0.25, 0.3) is 0 Å². The van der Waals surface area contributed by atoms with Crippen molar-refractivity contribution in [2.24, 2.45) is 11.8 Å². The predicted octanol–water partition coefficient (Wildman–Crippen LogP) is 5.61. The maximum Gasteiger partial charge on any atom is 0.395 e. The molecule has 0 radical (unpaired) electrons. The van der Waals surface area contributed by atoms with Gasteiger partial charge < -0.3 is 9.84 Å². The Labute approximate surface area is 155 Å². The van der Waals surface area contributed by atoms with Gasteiger partial charge >= 0.3 is 12.1 Å². The molecule has 0 amide bonds. The Morgan fingerprint density at radius 2 is 2.07 bits per heavy atom. The van der Waals surface area contributed by atoms with Gasteiger partial charge in [0.2, 0.25) is 0 Å². The molecule has 1 aromatic rings. The Balaban J connectivity index is 1.68. The first-order valence-corrected chi connectivity index (χ1v) is 8.91. The van der Waals surface area contributed by atoms with E-state index in [4.69, 9.17) is 9.84 Å². The van der Waals surface area contributed by atoms with Crippen LogP contribution < -0.4 is 4.74 Å². The van der Waals surface area contributed by atoms with Crippen LogP contribution in [-0.4, -0.2) is 17.3 Å². The Bertz CT molecular complexity index is 777. The lowest BCUT2D eigenvalue weighted by Gasteiger charge is -2.27. The van der Waals surface area contributed by atoms with Crippen LogP contribution in [0.1, 0.15) is 37.2 Å². The molecule has 27 heavy (non-hydrogen) atoms. The highest BCUT2D eigenvalue weighted by Gasteiger charge is 2.40. The quantitative estimate of drug-likeness (QED) is 0.677. The van der Waals surface area contributed by atoms with E-state index in [1.54, 1.807) is 36.4 Å². The lowest BCUT2D eigenvalue weighted by atomic mass is 9.82. The minimum absolute atomic E-state index is 0.0322. The van der Waals surface area contributed by atoms with Crippen LogP contribution in [0.5, 0.6) is 5.75 Å². The average Bonchev–Trinajstić information content (AvgIpc) is 2.61. The normalized spacial score (nSPS) is 25.1. The van der Waals surface area contributed by atoms with Gasteiger partial charge in [0, 0.05) is 6.42 Å². The second kappa shape index (κ2) is 8.03. The lowest BCUT2D eigenvalue weighted by molar-refractivity contribution is -0.164. The van der Waals surface area contributed by atoms with Crippen LogP contribution in [0, 0.1) is 11.8 Å². The molecule has 1 aromatic carbocycles. The van der Waals surface area contributed by atoms with Gasteiger partial charge in [-0.3, -0.25) is 4.79 Å². The summed E-state index contributed by atoms with van der Waals surface area (Å²) in [5, 5.41) is 8.92. The van der Waals surface area contributed by atoms with E-state index in [1.807, 2.05) is 12.1 Å². The second-order valence-electron chi connectivity index (χ2n) is 7.00. The van der Waals surface area contributed by atoms with Crippen molar-refractivity contribution in [3.63, 3.8) is 0 Å². The highest BCUT2D eigenvalue weighted by Crippen LogP contribution is 2.41. The smallest absolute Gasteiger partial charge is 0.395 e. The summed E-state index contributed by atoms with van der Waals surface area (Å²) in [6.07, 6.45) is 5.15. The van der Waals surface area contributed by atoms with Gasteiger partial charge in [0.15, 0.2) is 0 Å². The van der Waals surface area contributed by atoms with E-state index in [9.17, 15) is 18.0 Å². The van der Waals surface area contributed by atoms with Crippen LogP contribution in [0.3, 0.4) is 0 Å². The van der Waals surface area contributed by atoms with Gasteiger partial charge in [0.05, 0.1) is 12.3 Å². The first kappa shape index (κ1) is 19.3. The first-order chi connectivity index (χ1) is 12.8. The van der Waals surface area contributed by atoms with Crippen LogP contribution in [0.4, 0.5) is 13.2 Å². The molecule has 1 N–H and O–H groups in total. The molecule has 0 aliphatic heterocycles. The first-order valence-electron chi connectivity index (χ1n) is 8.91. The van der Waals surface area contributed by atoms with Gasteiger partial charge in [-0.25, -0.2) is 0 Å². The monoisotopic (exact) mass is 378 g/mol. The highest BCUT2D eigenvalue weighted by molar-refractivity contribution is 5.67. The molecule has 144 valence electrons. The maximum atomic E-state index is 13.0. The van der Waals surface area contributed by atoms with Crippen LogP contribution in [0.2, 0.25) is 0 Å². The topological polar surface area (TPSA) is 46.5 Å². The van der Waals surface area contributed by atoms with Crippen molar-refractivity contribution in [2.75, 3.05) is 0 Å². The zero-order chi connectivity index (χ0) is 19.4. The number of carbonyl (C=O) groups is 1. The van der Waals surface area contributed by atoms with E-state index >= 15 is 0 Å². The third-order valence-corrected chi connectivity index (χ3v) is 4.89. The number of hydrogen-bond acceptors (Lipinski definition) is 2. The lowest BCUT2D eigenvalue weighted by Crippen LogP contribution is -2.25. The summed E-state index contributed by atoms with van der Waals surface area (Å²) in [7, 11) is 0. The van der Waals surface area contributed by atoms with E-state index in [0.717, 1.165) is 5.56 Å². The van der Waals surface area contributed by atoms with Crippen LogP contribution in [0.15, 0.2) is 60.4 Å². The molecule has 3 nitrogen and oxygen atoms in total. The molecule has 0 spiro atoms. The number of benzene rings is 1. The third kappa shape index (κ3) is 5.25. The molecule has 0 saturated carbocycles. The van der Waals surface area contributed by atoms with Gasteiger partial charge in [0.1, 0.15) is 11.5 Å². The molecular weight excluding hydrogens is 357 g/mol. The largest absolute Gasteiger partial charge is 0.481 e. The van der Waals surface area contributed by atoms with E-state index in [-0.39, 0.29) is 24.7 Å². The SMILES string of the molecule is O=C(O)CC1C=CC=C(Oc2cccc(C3CC=CC(C(F)(F)F)C3)c2)C1. The van der Waals surface area contributed by atoms with E-state index in [1.165, 1.54) is 6.08 Å². The Kier molecular flexibility index (Phi) is 5.73. The second-order valence-corrected chi connectivity index (χ2v) is 7.00. The van der Waals surface area contributed by atoms with Crippen LogP contribution in [-0.2, 0) is 4.79 Å². The van der Waals surface area contributed by atoms with Gasteiger partial charge in [-0.2, -0.15) is 13.2 Å². The average molecular weight is 378 g/mol. The van der Waals surface area contributed by atoms with Crippen molar-refractivity contribution < 1.29 is 27.8 Å². The number of aliphatic carboxylic acids is 1. The van der Waals surface area contributed by atoms with Crippen molar-refractivity contribution >= 4 is 5.97 Å². The number of hydrogen-bond donors (Lipinski definition) is 1. The molecule has 0 fully saturated rings. The molecule has 3 rings (SSSR count). The summed E-state index contributed by atoms with van der Waals surface area (Å²) in [5.41, 5.74) is 0.820. The fourth-order valence-electron chi connectivity index (χ4n) is 3.54. The van der Waals surface area contributed by atoms with Gasteiger partial charge in [0.25, 0.3) is 0 Å². The number of carboxylic acids is 1. The minimum atomic E-state index is -4.22. The summed E-state index contributed by atoms with van der Waals surface area (Å²) in [6, 6.07) is 7.14. The number of carboxylic acid groups (broad SMARTS) is 1. The Morgan fingerprint density at radius 3 is 2.81 bits per heavy atom. The van der Waals surface area contributed by atoms with Crippen molar-refractivity contribution in [3.05, 3.63) is 66.0 Å². The van der Waals surface area contributed by atoms with Crippen LogP contribution >= 0.6 is 0 Å². The molecule has 0 aromatic heterocycles. The summed E-state index contributed by atoms with van der Waals surface area (Å²) in [6.45, 7) is 0. The molecular formula is C21H21F3O3. The maximum absolute atomic E-state index is 13.0. The third-order valence-electron chi connectivity index (χ3n) is 4.89. The standard InChI is InChI=1S/C21H21F3O3/c22-21(23,24)17-7-2-5-15(12-17)16-6-3-9-19(13-16)27-18-8-1-4-14(10-18)11-20(25)26/h1-4,6-9,13-15,17H,5,10-12H2,(H,25,26). The number of alkyl halides is 3. The highest BCUT2D eigenvalue weighted by atomic mass is 19.4. The van der Waals surface area contributed by atoms with E-state index < -0.39 is 18.1 Å². The molecule has 2 aliphatic rings. The number of ether oxygens (including phenoxy) is 1. The molecule has 6 heteroatoms. The van der Waals surface area contributed by atoms with Crippen molar-refractivity contribution in [2.45, 2.75) is 37.8 Å². The summed E-state index contributed by atoms with van der Waals surface area (Å²) < 4.78 is 44.9. The molecule has 0 bridgehead atoms. The molecule has 3 atom stereocenters. The molecule has 0 heterocycles. The van der Waals surface area contributed by atoms with Gasteiger partial charge in [-0.15, -0.1) is 0 Å². The molecule has 3 unspecified atom stereocenters. The minimum Gasteiger partial charge on any atom is -0.481 e. The van der Waals surface area contributed by atoms with Crippen molar-refractivity contribution in [1.82, 2.24) is 0 Å². The summed E-state index contributed by atoms with van der Waals surface area (Å²) in [4.78, 5) is 10.9. The fourth-order valence-corrected chi connectivity index (χ4v) is 3.54. The van der Waals surface area contributed by atoms with Gasteiger partial charge in [-0.05, 0) is 48.4 Å². The Morgan fingerprint density at radius 1 is 1.26 bits per heavy atom. The zero-order valence-corrected chi connectivity index (χ0v) is 14.7. The van der Waals surface area contributed by atoms with Gasteiger partial charge in [-0.1, -0.05) is 36.4 Å². The molecule has 0 saturated heterocycles. The number of halogens is 3. The summed E-state index contributed by atoms with van der Waals surface area (Å²) >= 11 is 0. The number of rotatable bonds is 5. The predicted molar refractivity (Wildman–Crippen MR) is 95.3 cm³/mol. The number of allylic oxidation sites excluding steroid dienone is 6. The zero-order valence-electron chi connectivity index (χ0n) is 14.7. The van der Waals surface area contributed by atoms with Crippen molar-refractivity contribution in [3.8, 4) is 5.75 Å². The fraction of sp³-hybridized carbons (Fsp3) is 0.381. The summed E-state index contributed by atoms with van der Waals surface area (Å²) in [5.74, 6) is -1.40. The van der Waals surface area contributed by atoms with E-state index in [0.29, 0.717) is 24.4 Å². The van der Waals surface area contributed by atoms with E-state index in [2.05, 4.69) is 0 Å². The Hall–Kier alpha value is -2.50. The van der Waals surface area contributed by atoms with Crippen molar-refractivity contribution in [1.29, 1.82) is 0 Å². The molecule has 2 aliphatic carbocycles.